The fourth-order valence-electron chi connectivity index (χ4n) is 7.61. The second-order valence-corrected chi connectivity index (χ2v) is 15.2. The van der Waals surface area contributed by atoms with Gasteiger partial charge >= 0.3 is 0 Å². The van der Waals surface area contributed by atoms with Crippen LogP contribution in [0.15, 0.2) is 103 Å². The van der Waals surface area contributed by atoms with Crippen LogP contribution in [0.2, 0.25) is 0 Å². The number of allylic oxidation sites excluding steroid dienone is 4. The van der Waals surface area contributed by atoms with E-state index in [0.29, 0.717) is 0 Å². The summed E-state index contributed by atoms with van der Waals surface area (Å²) < 4.78 is 0. The molecule has 0 fully saturated rings. The monoisotopic (exact) mass is 627 g/mol. The molecule has 5 aromatic rings. The van der Waals surface area contributed by atoms with E-state index in [2.05, 4.69) is 181 Å². The number of nitrogens with zero attached hydrogens (tertiary/aromatic N) is 1. The molecule has 0 spiro atoms. The molecule has 7 rings (SSSR count). The largest absolute Gasteiger partial charge is 0.355 e. The number of hydrogen-bond acceptors (Lipinski definition) is 1. The van der Waals surface area contributed by atoms with Gasteiger partial charge in [0.1, 0.15) is 0 Å². The highest BCUT2D eigenvalue weighted by molar-refractivity contribution is 6.04. The Kier molecular flexibility index (Phi) is 7.75. The van der Waals surface area contributed by atoms with E-state index < -0.39 is 0 Å². The van der Waals surface area contributed by atoms with Gasteiger partial charge in [0.25, 0.3) is 0 Å². The molecule has 0 radical (unpaired) electrons. The lowest BCUT2D eigenvalue weighted by atomic mass is 9.82. The SMILES string of the molecule is CC1=C(C(C)(C)C)c2cc3[nH]c(cc4[nH]c(cc5cc(cc1n2)C=CC=C5)c(C)c4C(C)(C)C)c(-c1ccccc1)c3-c1ccccc1. The number of aromatic amines is 2. The number of aromatic nitrogens is 3. The second-order valence-electron chi connectivity index (χ2n) is 15.2. The summed E-state index contributed by atoms with van der Waals surface area (Å²) in [6.45, 7) is 18.2. The van der Waals surface area contributed by atoms with Gasteiger partial charge in [-0.05, 0) is 99.5 Å². The van der Waals surface area contributed by atoms with Gasteiger partial charge < -0.3 is 9.97 Å². The molecule has 2 aromatic carbocycles. The van der Waals surface area contributed by atoms with Crippen molar-refractivity contribution < 1.29 is 0 Å². The molecule has 2 N–H and O–H groups in total. The number of rotatable bonds is 2. The summed E-state index contributed by atoms with van der Waals surface area (Å²) in [6.07, 6.45) is 8.59. The van der Waals surface area contributed by atoms with Crippen LogP contribution < -0.4 is 0 Å². The van der Waals surface area contributed by atoms with E-state index in [1.165, 1.54) is 44.5 Å². The molecule has 0 saturated carbocycles. The first-order valence-electron chi connectivity index (χ1n) is 17.0. The molecule has 240 valence electrons. The zero-order valence-electron chi connectivity index (χ0n) is 29.4. The van der Waals surface area contributed by atoms with E-state index in [-0.39, 0.29) is 10.8 Å². The molecule has 3 heteroatoms. The highest BCUT2D eigenvalue weighted by Crippen LogP contribution is 2.45. The fourth-order valence-corrected chi connectivity index (χ4v) is 7.61. The van der Waals surface area contributed by atoms with Crippen LogP contribution in [0.4, 0.5) is 0 Å². The van der Waals surface area contributed by atoms with Crippen molar-refractivity contribution in [3.63, 3.8) is 0 Å². The Morgan fingerprint density at radius 1 is 0.521 bits per heavy atom. The third-order valence-corrected chi connectivity index (χ3v) is 9.46. The lowest BCUT2D eigenvalue weighted by Gasteiger charge is -2.21. The highest BCUT2D eigenvalue weighted by atomic mass is 14.8. The van der Waals surface area contributed by atoms with E-state index in [1.54, 1.807) is 0 Å². The molecular weight excluding hydrogens is 583 g/mol. The van der Waals surface area contributed by atoms with Gasteiger partial charge in [0.15, 0.2) is 0 Å². The molecule has 0 saturated heterocycles. The van der Waals surface area contributed by atoms with Gasteiger partial charge in [0.2, 0.25) is 0 Å². The maximum atomic E-state index is 5.37. The number of nitrogens with one attached hydrogen (secondary N) is 2. The van der Waals surface area contributed by atoms with Gasteiger partial charge in [-0.15, -0.1) is 0 Å². The molecule has 3 aromatic heterocycles. The van der Waals surface area contributed by atoms with Crippen molar-refractivity contribution in [2.24, 2.45) is 5.41 Å². The smallest absolute Gasteiger partial charge is 0.0698 e. The standard InChI is InChI=1S/C45H45N3/c1-28-34-24-30-17-15-16-18-31(23-30)25-35-29(2)43(45(6,7)8)39(47-35)27-37-41(33-21-13-10-14-22-33)40(32-19-11-9-12-20-32)36(48-37)26-38(46-34)42(28)44(3,4)5/h9-27,46,48H,1-8H3. The van der Waals surface area contributed by atoms with Crippen molar-refractivity contribution in [1.29, 1.82) is 0 Å². The van der Waals surface area contributed by atoms with Crippen LogP contribution in [-0.2, 0) is 5.41 Å². The molecule has 1 aliphatic carbocycles. The third-order valence-electron chi connectivity index (χ3n) is 9.46. The predicted molar refractivity (Wildman–Crippen MR) is 208 cm³/mol. The minimum atomic E-state index is -0.103. The quantitative estimate of drug-likeness (QED) is 0.201. The van der Waals surface area contributed by atoms with E-state index >= 15 is 0 Å². The number of benzene rings is 2. The number of H-pyrrole nitrogens is 2. The Morgan fingerprint density at radius 2 is 1.06 bits per heavy atom. The van der Waals surface area contributed by atoms with Gasteiger partial charge in [-0.3, -0.25) is 0 Å². The maximum absolute atomic E-state index is 5.37. The van der Waals surface area contributed by atoms with E-state index in [9.17, 15) is 0 Å². The topological polar surface area (TPSA) is 44.5 Å². The fraction of sp³-hybridized carbons (Fsp3) is 0.222. The summed E-state index contributed by atoms with van der Waals surface area (Å²) in [6, 6.07) is 32.9. The Bertz CT molecular complexity index is 2290. The molecule has 0 unspecified atom stereocenters. The Balaban J connectivity index is 1.75. The van der Waals surface area contributed by atoms with Gasteiger partial charge in [0.05, 0.1) is 11.4 Å². The molecule has 8 bridgehead atoms. The molecule has 2 aliphatic rings. The number of aryl methyl sites for hydroxylation is 1. The molecule has 1 aliphatic heterocycles. The molecular formula is C45H45N3. The summed E-state index contributed by atoms with van der Waals surface area (Å²) >= 11 is 0. The Hall–Kier alpha value is -5.15. The first-order valence-corrected chi connectivity index (χ1v) is 17.0. The summed E-state index contributed by atoms with van der Waals surface area (Å²) in [5.74, 6) is 0. The van der Waals surface area contributed by atoms with Crippen LogP contribution in [0.5, 0.6) is 0 Å². The molecule has 0 atom stereocenters. The maximum Gasteiger partial charge on any atom is 0.0698 e. The van der Waals surface area contributed by atoms with Crippen molar-refractivity contribution >= 4 is 45.4 Å². The van der Waals surface area contributed by atoms with Crippen molar-refractivity contribution in [3.05, 3.63) is 137 Å². The molecule has 4 heterocycles. The lowest BCUT2D eigenvalue weighted by Crippen LogP contribution is -2.11. The first kappa shape index (κ1) is 31.4. The predicted octanol–water partition coefficient (Wildman–Crippen LogP) is 12.6. The Labute approximate surface area is 284 Å². The minimum Gasteiger partial charge on any atom is -0.355 e. The lowest BCUT2D eigenvalue weighted by molar-refractivity contribution is 0.567. The van der Waals surface area contributed by atoms with Gasteiger partial charge in [-0.25, -0.2) is 4.98 Å². The number of hydrogen-bond donors (Lipinski definition) is 2. The van der Waals surface area contributed by atoms with Gasteiger partial charge in [0, 0.05) is 33.2 Å². The normalized spacial score (nSPS) is 13.6. The second kappa shape index (κ2) is 11.8. The van der Waals surface area contributed by atoms with Crippen LogP contribution >= 0.6 is 0 Å². The van der Waals surface area contributed by atoms with Crippen LogP contribution in [0.25, 0.3) is 67.6 Å². The summed E-state index contributed by atoms with van der Waals surface area (Å²) in [5, 5.41) is 0. The highest BCUT2D eigenvalue weighted by Gasteiger charge is 2.28. The van der Waals surface area contributed by atoms with Crippen LogP contribution in [-0.4, -0.2) is 15.0 Å². The summed E-state index contributed by atoms with van der Waals surface area (Å²) in [4.78, 5) is 13.2. The molecule has 0 amide bonds. The van der Waals surface area contributed by atoms with E-state index in [1.807, 2.05) is 0 Å². The summed E-state index contributed by atoms with van der Waals surface area (Å²) in [7, 11) is 0. The van der Waals surface area contributed by atoms with Gasteiger partial charge in [-0.2, -0.15) is 0 Å². The Morgan fingerprint density at radius 3 is 1.62 bits per heavy atom. The average Bonchev–Trinajstić information content (AvgIpc) is 3.58. The molecule has 3 nitrogen and oxygen atoms in total. The van der Waals surface area contributed by atoms with Crippen molar-refractivity contribution in [3.8, 4) is 22.3 Å². The number of fused-ring (bicyclic) bond motifs is 8. The minimum absolute atomic E-state index is 0.0765. The van der Waals surface area contributed by atoms with Gasteiger partial charge in [-0.1, -0.05) is 127 Å². The van der Waals surface area contributed by atoms with Crippen molar-refractivity contribution in [2.75, 3.05) is 0 Å². The first-order chi connectivity index (χ1) is 22.9. The van der Waals surface area contributed by atoms with E-state index in [0.717, 1.165) is 44.6 Å². The van der Waals surface area contributed by atoms with Crippen LogP contribution in [0.1, 0.15) is 82.1 Å². The van der Waals surface area contributed by atoms with E-state index in [4.69, 9.17) is 4.98 Å². The van der Waals surface area contributed by atoms with Crippen molar-refractivity contribution in [1.82, 2.24) is 15.0 Å². The zero-order valence-corrected chi connectivity index (χ0v) is 29.4. The summed E-state index contributed by atoms with van der Waals surface area (Å²) in [5.41, 5.74) is 18.2. The van der Waals surface area contributed by atoms with Crippen LogP contribution in [0.3, 0.4) is 0 Å². The molecule has 48 heavy (non-hydrogen) atoms. The zero-order chi connectivity index (χ0) is 33.8. The average molecular weight is 628 g/mol. The van der Waals surface area contributed by atoms with Crippen LogP contribution in [0, 0.1) is 12.3 Å². The third kappa shape index (κ3) is 5.79. The van der Waals surface area contributed by atoms with Crippen molar-refractivity contribution in [2.45, 2.75) is 60.8 Å².